The van der Waals surface area contributed by atoms with Crippen LogP contribution in [0.3, 0.4) is 0 Å². The van der Waals surface area contributed by atoms with E-state index in [1.165, 1.54) is 0 Å². The predicted molar refractivity (Wildman–Crippen MR) is 178 cm³/mol. The van der Waals surface area contributed by atoms with Crippen molar-refractivity contribution in [2.75, 3.05) is 63.9 Å². The van der Waals surface area contributed by atoms with E-state index in [2.05, 4.69) is 4.90 Å². The lowest BCUT2D eigenvalue weighted by atomic mass is 9.94. The molecule has 0 saturated carbocycles. The van der Waals surface area contributed by atoms with Gasteiger partial charge in [-0.1, -0.05) is 17.7 Å². The molecule has 3 aliphatic rings. The molecule has 11 heteroatoms. The minimum Gasteiger partial charge on any atom is -0.461 e. The van der Waals surface area contributed by atoms with Crippen molar-refractivity contribution in [2.24, 2.45) is 24.8 Å². The largest absolute Gasteiger partial charge is 0.461 e. The van der Waals surface area contributed by atoms with Crippen LogP contribution in [0.25, 0.3) is 0 Å². The number of esters is 1. The smallest absolute Gasteiger partial charge is 0.355 e. The fraction of sp³-hybridized carbons (Fsp3) is 0.600. The van der Waals surface area contributed by atoms with E-state index in [0.29, 0.717) is 79.2 Å². The van der Waals surface area contributed by atoms with Gasteiger partial charge in [0.15, 0.2) is 0 Å². The molecule has 3 fully saturated rings. The maximum atomic E-state index is 13.8. The highest BCUT2D eigenvalue weighted by molar-refractivity contribution is 6.31. The number of likely N-dealkylation sites (tertiary alicyclic amines) is 3. The summed E-state index contributed by atoms with van der Waals surface area (Å²) >= 11 is 6.48. The topological polar surface area (TPSA) is 95.4 Å². The first-order valence-corrected chi connectivity index (χ1v) is 17.0. The maximum absolute atomic E-state index is 13.8. The number of carbonyl (C=O) groups excluding carboxylic acids is 4. The molecule has 1 aromatic carbocycles. The third-order valence-electron chi connectivity index (χ3n) is 10.3. The van der Waals surface area contributed by atoms with Crippen molar-refractivity contribution in [1.82, 2.24) is 19.3 Å². The van der Waals surface area contributed by atoms with Crippen LogP contribution < -0.4 is 4.90 Å². The molecule has 250 valence electrons. The highest BCUT2D eigenvalue weighted by atomic mass is 35.5. The molecule has 4 heterocycles. The number of hydrogen-bond donors (Lipinski definition) is 0. The second kappa shape index (κ2) is 14.2. The quantitative estimate of drug-likeness (QED) is 0.371. The maximum Gasteiger partial charge on any atom is 0.355 e. The van der Waals surface area contributed by atoms with Crippen molar-refractivity contribution in [1.29, 1.82) is 0 Å². The van der Waals surface area contributed by atoms with Gasteiger partial charge in [-0.2, -0.15) is 0 Å². The van der Waals surface area contributed by atoms with Crippen molar-refractivity contribution in [2.45, 2.75) is 53.9 Å². The molecule has 46 heavy (non-hydrogen) atoms. The fourth-order valence-electron chi connectivity index (χ4n) is 7.61. The molecule has 3 amide bonds. The lowest BCUT2D eigenvalue weighted by Gasteiger charge is -2.34. The monoisotopic (exact) mass is 653 g/mol. The molecule has 2 unspecified atom stereocenters. The van der Waals surface area contributed by atoms with E-state index < -0.39 is 5.97 Å². The molecule has 0 bridgehead atoms. The van der Waals surface area contributed by atoms with Gasteiger partial charge in [0.2, 0.25) is 11.8 Å². The summed E-state index contributed by atoms with van der Waals surface area (Å²) in [5.41, 5.74) is 4.30. The van der Waals surface area contributed by atoms with Gasteiger partial charge in [-0.25, -0.2) is 4.79 Å². The van der Waals surface area contributed by atoms with Crippen LogP contribution in [0.4, 0.5) is 5.69 Å². The minimum atomic E-state index is -0.400. The van der Waals surface area contributed by atoms with Crippen LogP contribution in [0.1, 0.15) is 70.8 Å². The van der Waals surface area contributed by atoms with E-state index in [9.17, 15) is 19.2 Å². The summed E-state index contributed by atoms with van der Waals surface area (Å²) in [7, 11) is 1.81. The highest BCUT2D eigenvalue weighted by Gasteiger charge is 2.42. The van der Waals surface area contributed by atoms with E-state index >= 15 is 0 Å². The lowest BCUT2D eigenvalue weighted by Crippen LogP contribution is -2.44. The molecule has 3 aliphatic heterocycles. The van der Waals surface area contributed by atoms with Gasteiger partial charge < -0.3 is 28.9 Å². The number of aromatic nitrogens is 1. The first kappa shape index (κ1) is 34.0. The normalized spacial score (nSPS) is 20.2. The summed E-state index contributed by atoms with van der Waals surface area (Å²) < 4.78 is 7.01. The van der Waals surface area contributed by atoms with Crippen molar-refractivity contribution < 1.29 is 23.9 Å². The fourth-order valence-corrected chi connectivity index (χ4v) is 7.78. The number of ether oxygens (including phenoxy) is 1. The summed E-state index contributed by atoms with van der Waals surface area (Å²) in [6, 6.07) is 5.82. The average Bonchev–Trinajstić information content (AvgIpc) is 3.66. The number of anilines is 1. The molecule has 5 rings (SSSR count). The Labute approximate surface area is 277 Å². The van der Waals surface area contributed by atoms with Crippen LogP contribution in [-0.2, 0) is 21.4 Å². The zero-order valence-corrected chi connectivity index (χ0v) is 28.9. The Balaban J connectivity index is 1.18. The number of hydrogen-bond acceptors (Lipinski definition) is 6. The van der Waals surface area contributed by atoms with Gasteiger partial charge in [0.25, 0.3) is 5.91 Å². The number of piperidine rings is 1. The molecule has 2 aromatic rings. The van der Waals surface area contributed by atoms with Crippen molar-refractivity contribution in [3.05, 3.63) is 51.3 Å². The molecule has 3 saturated heterocycles. The van der Waals surface area contributed by atoms with Crippen LogP contribution in [0.2, 0.25) is 5.02 Å². The predicted octanol–water partition coefficient (Wildman–Crippen LogP) is 4.47. The number of aryl methyl sites for hydroxylation is 1. The number of amides is 3. The molecule has 0 radical (unpaired) electrons. The Kier molecular flexibility index (Phi) is 10.5. The summed E-state index contributed by atoms with van der Waals surface area (Å²) in [6.07, 6.45) is 2.17. The van der Waals surface area contributed by atoms with Gasteiger partial charge in [0.1, 0.15) is 5.69 Å². The number of fused-ring (bicyclic) bond motifs is 1. The van der Waals surface area contributed by atoms with E-state index in [4.69, 9.17) is 16.3 Å². The summed E-state index contributed by atoms with van der Waals surface area (Å²) in [5, 5.41) is 0.645. The van der Waals surface area contributed by atoms with E-state index in [1.807, 2.05) is 53.7 Å². The van der Waals surface area contributed by atoms with Crippen LogP contribution in [0.15, 0.2) is 18.2 Å². The SMILES string of the molecule is CCOC(=O)c1c(C)c(C(=O)N2CC3CN(CCCN(C(=O)C4CCN(C(C)=O)CC4)c4ccc(C)c(Cl)c4)CC3C2)c(C)n1C. The van der Waals surface area contributed by atoms with E-state index in [-0.39, 0.29) is 30.2 Å². The van der Waals surface area contributed by atoms with Crippen LogP contribution >= 0.6 is 11.6 Å². The van der Waals surface area contributed by atoms with Crippen LogP contribution in [0.5, 0.6) is 0 Å². The van der Waals surface area contributed by atoms with E-state index in [1.54, 1.807) is 25.5 Å². The number of carbonyl (C=O) groups is 4. The van der Waals surface area contributed by atoms with Gasteiger partial charge in [0, 0.05) is 82.1 Å². The second-order valence-electron chi connectivity index (χ2n) is 13.3. The number of benzene rings is 1. The van der Waals surface area contributed by atoms with Gasteiger partial charge in [-0.15, -0.1) is 0 Å². The van der Waals surface area contributed by atoms with Gasteiger partial charge in [-0.3, -0.25) is 14.4 Å². The number of halogens is 1. The van der Waals surface area contributed by atoms with Crippen LogP contribution in [-0.4, -0.2) is 102 Å². The molecule has 0 aliphatic carbocycles. The second-order valence-corrected chi connectivity index (χ2v) is 13.7. The first-order chi connectivity index (χ1) is 21.9. The molecular formula is C35H48ClN5O5. The lowest BCUT2D eigenvalue weighted by molar-refractivity contribution is -0.133. The van der Waals surface area contributed by atoms with Gasteiger partial charge >= 0.3 is 5.97 Å². The molecule has 0 spiro atoms. The third kappa shape index (κ3) is 6.83. The highest BCUT2D eigenvalue weighted by Crippen LogP contribution is 2.34. The standard InChI is InChI=1S/C35H48ClN5O5/c1-7-46-35(45)32-23(3)31(24(4)37(32)6)34(44)40-20-27-18-38(19-28(27)21-40)13-8-14-41(29-10-9-22(2)30(36)17-29)33(43)26-11-15-39(16-12-26)25(5)42/h9-10,17,26-28H,7-8,11-16,18-21H2,1-6H3. The molecule has 2 atom stereocenters. The first-order valence-electron chi connectivity index (χ1n) is 16.6. The number of rotatable bonds is 9. The Hall–Kier alpha value is -3.37. The summed E-state index contributed by atoms with van der Waals surface area (Å²) in [6.45, 7) is 15.2. The van der Waals surface area contributed by atoms with Crippen molar-refractivity contribution >= 4 is 41.0 Å². The van der Waals surface area contributed by atoms with Crippen molar-refractivity contribution in [3.63, 3.8) is 0 Å². The summed E-state index contributed by atoms with van der Waals surface area (Å²) in [4.78, 5) is 60.0. The van der Waals surface area contributed by atoms with E-state index in [0.717, 1.165) is 43.0 Å². The Morgan fingerprint density at radius 1 is 0.978 bits per heavy atom. The van der Waals surface area contributed by atoms with Crippen molar-refractivity contribution in [3.8, 4) is 0 Å². The zero-order valence-electron chi connectivity index (χ0n) is 28.1. The summed E-state index contributed by atoms with van der Waals surface area (Å²) in [5.74, 6) is 0.439. The number of nitrogens with zero attached hydrogens (tertiary/aromatic N) is 5. The Morgan fingerprint density at radius 2 is 1.63 bits per heavy atom. The Bertz CT molecular complexity index is 1480. The van der Waals surface area contributed by atoms with Gasteiger partial charge in [-0.05, 0) is 88.6 Å². The third-order valence-corrected chi connectivity index (χ3v) is 10.7. The molecule has 1 aromatic heterocycles. The minimum absolute atomic E-state index is 0.0119. The zero-order chi connectivity index (χ0) is 33.3. The average molecular weight is 654 g/mol. The van der Waals surface area contributed by atoms with Crippen LogP contribution in [0, 0.1) is 38.5 Å². The molecular weight excluding hydrogens is 606 g/mol. The Morgan fingerprint density at radius 3 is 2.22 bits per heavy atom. The molecule has 0 N–H and O–H groups in total. The molecule has 10 nitrogen and oxygen atoms in total. The van der Waals surface area contributed by atoms with Gasteiger partial charge in [0.05, 0.1) is 12.2 Å².